The maximum absolute atomic E-state index is 14.7. The van der Waals surface area contributed by atoms with Crippen LogP contribution in [0.2, 0.25) is 0 Å². The lowest BCUT2D eigenvalue weighted by Gasteiger charge is -2.36. The number of cyclic esters (lactones) is 1. The molecule has 1 spiro atoms. The number of benzene rings is 2. The standard InChI is InChI=1S/C34H37N3O7/c1-21-12-13-22(2)25(19-21)36-16-8-4-7-11-27(39)43-20-24(23-9-5-3-6-10-23)35-31(40)28-26-14-15-34(44-26)29(28)32(41)37(17-18-38)30(34)33(36)42/h3-6,8-10,12-15,19,24,26,28-30,38H,7,11,16-18,20H2,1-2H3,(H,35,40)/b8-4-/t24-,26-,28+,29+,30-,34+/m1/s1. The van der Waals surface area contributed by atoms with E-state index >= 15 is 0 Å². The van der Waals surface area contributed by atoms with Crippen molar-refractivity contribution in [1.29, 1.82) is 0 Å². The number of likely N-dealkylation sites (tertiary alicyclic amines) is 1. The molecular formula is C34H37N3O7. The molecule has 0 radical (unpaired) electrons. The molecule has 2 N–H and O–H groups in total. The number of carbonyl (C=O) groups excluding carboxylic acids is 4. The molecule has 4 aliphatic rings. The number of aliphatic hydroxyl groups is 1. The van der Waals surface area contributed by atoms with E-state index < -0.39 is 53.4 Å². The summed E-state index contributed by atoms with van der Waals surface area (Å²) in [6.45, 7) is 3.53. The number of hydrogen-bond acceptors (Lipinski definition) is 7. The van der Waals surface area contributed by atoms with Crippen molar-refractivity contribution in [3.05, 3.63) is 89.5 Å². The number of aryl methyl sites for hydroxylation is 2. The van der Waals surface area contributed by atoms with Crippen LogP contribution in [0.5, 0.6) is 0 Å². The SMILES string of the molecule is Cc1ccc(C)c(N2C/C=C\CCC(=O)OC[C@H](c3ccccc3)NC(=O)[C@@H]3[C@H]4C(=O)N(CCO)[C@H](C2=O)[C@]42C=C[C@H]3O2)c1. The van der Waals surface area contributed by atoms with Crippen LogP contribution in [0.1, 0.15) is 35.6 Å². The summed E-state index contributed by atoms with van der Waals surface area (Å²) in [5.74, 6) is -3.51. The number of nitrogens with zero attached hydrogens (tertiary/aromatic N) is 2. The number of β-amino-alcohol motifs (C(OH)–C–C–N with tert-alkyl or cyclic N) is 1. The van der Waals surface area contributed by atoms with Crippen LogP contribution in [0.3, 0.4) is 0 Å². The minimum Gasteiger partial charge on any atom is -0.463 e. The molecule has 0 aliphatic carbocycles. The second-order valence-corrected chi connectivity index (χ2v) is 11.9. The molecule has 6 rings (SSSR count). The number of amides is 3. The van der Waals surface area contributed by atoms with Crippen LogP contribution in [0.25, 0.3) is 0 Å². The average Bonchev–Trinajstić information content (AvgIpc) is 3.66. The highest BCUT2D eigenvalue weighted by Crippen LogP contribution is 2.55. The maximum Gasteiger partial charge on any atom is 0.306 e. The van der Waals surface area contributed by atoms with Crippen molar-refractivity contribution in [2.24, 2.45) is 11.8 Å². The summed E-state index contributed by atoms with van der Waals surface area (Å²) in [6.07, 6.45) is 6.99. The van der Waals surface area contributed by atoms with Crippen molar-refractivity contribution in [2.45, 2.75) is 50.5 Å². The smallest absolute Gasteiger partial charge is 0.306 e. The minimum atomic E-state index is -1.38. The van der Waals surface area contributed by atoms with Crippen LogP contribution in [0, 0.1) is 25.7 Å². The molecule has 4 heterocycles. The number of rotatable bonds is 4. The van der Waals surface area contributed by atoms with Gasteiger partial charge in [-0.15, -0.1) is 0 Å². The number of esters is 1. The summed E-state index contributed by atoms with van der Waals surface area (Å²) in [5.41, 5.74) is 1.89. The zero-order chi connectivity index (χ0) is 31.0. The normalized spacial score (nSPS) is 31.2. The van der Waals surface area contributed by atoms with Crippen molar-refractivity contribution in [2.75, 3.05) is 31.2 Å². The van der Waals surface area contributed by atoms with Crippen LogP contribution in [0.4, 0.5) is 5.69 Å². The fraction of sp³-hybridized carbons (Fsp3) is 0.412. The monoisotopic (exact) mass is 599 g/mol. The van der Waals surface area contributed by atoms with E-state index in [9.17, 15) is 24.3 Å². The molecule has 3 amide bonds. The Morgan fingerprint density at radius 1 is 1.02 bits per heavy atom. The first-order valence-electron chi connectivity index (χ1n) is 15.1. The Bertz CT molecular complexity index is 1520. The average molecular weight is 600 g/mol. The third kappa shape index (κ3) is 5.11. The van der Waals surface area contributed by atoms with E-state index in [4.69, 9.17) is 9.47 Å². The van der Waals surface area contributed by atoms with E-state index in [1.165, 1.54) is 4.90 Å². The Labute approximate surface area is 256 Å². The maximum atomic E-state index is 14.7. The number of aliphatic hydroxyl groups excluding tert-OH is 1. The van der Waals surface area contributed by atoms with Gasteiger partial charge in [0.15, 0.2) is 0 Å². The molecule has 10 heteroatoms. The zero-order valence-electron chi connectivity index (χ0n) is 24.8. The molecule has 5 bridgehead atoms. The highest BCUT2D eigenvalue weighted by Gasteiger charge is 2.73. The van der Waals surface area contributed by atoms with Crippen molar-refractivity contribution >= 4 is 29.4 Å². The summed E-state index contributed by atoms with van der Waals surface area (Å²) < 4.78 is 12.1. The fourth-order valence-electron chi connectivity index (χ4n) is 6.98. The predicted octanol–water partition coefficient (Wildman–Crippen LogP) is 2.53. The number of nitrogens with one attached hydrogen (secondary N) is 1. The molecule has 44 heavy (non-hydrogen) atoms. The zero-order valence-corrected chi connectivity index (χ0v) is 24.8. The Morgan fingerprint density at radius 3 is 2.59 bits per heavy atom. The molecule has 0 aromatic heterocycles. The Hall–Kier alpha value is -4.28. The summed E-state index contributed by atoms with van der Waals surface area (Å²) >= 11 is 0. The number of ether oxygens (including phenoxy) is 2. The van der Waals surface area contributed by atoms with E-state index in [-0.39, 0.29) is 38.6 Å². The van der Waals surface area contributed by atoms with E-state index in [0.717, 1.165) is 16.7 Å². The molecule has 6 atom stereocenters. The van der Waals surface area contributed by atoms with Gasteiger partial charge >= 0.3 is 5.97 Å². The molecule has 2 aromatic rings. The minimum absolute atomic E-state index is 0.0751. The Balaban J connectivity index is 1.44. The molecular weight excluding hydrogens is 562 g/mol. The van der Waals surface area contributed by atoms with Crippen molar-refractivity contribution in [3.8, 4) is 0 Å². The quantitative estimate of drug-likeness (QED) is 0.409. The second kappa shape index (κ2) is 12.0. The first kappa shape index (κ1) is 29.8. The highest BCUT2D eigenvalue weighted by molar-refractivity contribution is 6.06. The van der Waals surface area contributed by atoms with Gasteiger partial charge in [-0.3, -0.25) is 19.2 Å². The molecule has 230 valence electrons. The molecule has 2 aromatic carbocycles. The topological polar surface area (TPSA) is 125 Å². The van der Waals surface area contributed by atoms with E-state index in [0.29, 0.717) is 12.1 Å². The number of carbonyl (C=O) groups is 4. The van der Waals surface area contributed by atoms with Crippen molar-refractivity contribution in [3.63, 3.8) is 0 Å². The van der Waals surface area contributed by atoms with E-state index in [2.05, 4.69) is 5.32 Å². The lowest BCUT2D eigenvalue weighted by atomic mass is 9.74. The van der Waals surface area contributed by atoms with Gasteiger partial charge in [-0.05, 0) is 43.0 Å². The molecule has 10 nitrogen and oxygen atoms in total. The largest absolute Gasteiger partial charge is 0.463 e. The fourth-order valence-corrected chi connectivity index (χ4v) is 6.98. The molecule has 2 fully saturated rings. The second-order valence-electron chi connectivity index (χ2n) is 11.9. The summed E-state index contributed by atoms with van der Waals surface area (Å²) in [6, 6.07) is 13.3. The predicted molar refractivity (Wildman–Crippen MR) is 161 cm³/mol. The van der Waals surface area contributed by atoms with Crippen LogP contribution >= 0.6 is 0 Å². The third-order valence-electron chi connectivity index (χ3n) is 9.07. The number of allylic oxidation sites excluding steroid dienone is 1. The van der Waals surface area contributed by atoms with Crippen LogP contribution in [0.15, 0.2) is 72.8 Å². The molecule has 4 aliphatic heterocycles. The van der Waals surface area contributed by atoms with Crippen molar-refractivity contribution in [1.82, 2.24) is 10.2 Å². The third-order valence-corrected chi connectivity index (χ3v) is 9.07. The van der Waals surface area contributed by atoms with Gasteiger partial charge in [0, 0.05) is 25.2 Å². The van der Waals surface area contributed by atoms with Crippen LogP contribution < -0.4 is 10.2 Å². The number of hydrogen-bond donors (Lipinski definition) is 2. The highest BCUT2D eigenvalue weighted by atomic mass is 16.5. The Morgan fingerprint density at radius 2 is 1.82 bits per heavy atom. The van der Waals surface area contributed by atoms with Gasteiger partial charge in [0.05, 0.1) is 30.6 Å². The van der Waals surface area contributed by atoms with E-state index in [1.807, 2.05) is 74.5 Å². The van der Waals surface area contributed by atoms with Crippen molar-refractivity contribution < 1.29 is 33.8 Å². The van der Waals surface area contributed by atoms with Gasteiger partial charge in [0.25, 0.3) is 5.91 Å². The lowest BCUT2D eigenvalue weighted by Crippen LogP contribution is -2.56. The van der Waals surface area contributed by atoms with Gasteiger partial charge < -0.3 is 29.7 Å². The number of fused-ring (bicyclic) bond motifs is 2. The first-order valence-corrected chi connectivity index (χ1v) is 15.1. The summed E-state index contributed by atoms with van der Waals surface area (Å²) in [4.78, 5) is 58.5. The van der Waals surface area contributed by atoms with Crippen LogP contribution in [-0.2, 0) is 28.7 Å². The van der Waals surface area contributed by atoms with Gasteiger partial charge in [-0.1, -0.05) is 66.8 Å². The summed E-state index contributed by atoms with van der Waals surface area (Å²) in [5, 5.41) is 13.0. The number of anilines is 1. The summed E-state index contributed by atoms with van der Waals surface area (Å²) in [7, 11) is 0. The van der Waals surface area contributed by atoms with Gasteiger partial charge in [-0.25, -0.2) is 0 Å². The van der Waals surface area contributed by atoms with E-state index in [1.54, 1.807) is 17.1 Å². The molecule has 0 saturated carbocycles. The van der Waals surface area contributed by atoms with Gasteiger partial charge in [0.1, 0.15) is 18.2 Å². The first-order chi connectivity index (χ1) is 21.2. The van der Waals surface area contributed by atoms with Crippen LogP contribution in [-0.4, -0.2) is 77.7 Å². The van der Waals surface area contributed by atoms with Gasteiger partial charge in [-0.2, -0.15) is 0 Å². The van der Waals surface area contributed by atoms with Gasteiger partial charge in [0.2, 0.25) is 11.8 Å². The Kier molecular flexibility index (Phi) is 8.13. The molecule has 2 saturated heterocycles. The lowest BCUT2D eigenvalue weighted by molar-refractivity contribution is -0.145. The molecule has 0 unspecified atom stereocenters.